The molecule has 7 nitrogen and oxygen atoms in total. The molecule has 1 heterocycles. The maximum Gasteiger partial charge on any atom is 0.371 e. The van der Waals surface area contributed by atoms with E-state index in [1.165, 1.54) is 12.1 Å². The molecule has 1 saturated carbocycles. The van der Waals surface area contributed by atoms with E-state index in [1.807, 2.05) is 13.8 Å². The van der Waals surface area contributed by atoms with Crippen molar-refractivity contribution in [1.82, 2.24) is 10.2 Å². The van der Waals surface area contributed by atoms with Crippen LogP contribution in [0.3, 0.4) is 0 Å². The number of furan rings is 1. The van der Waals surface area contributed by atoms with E-state index in [1.54, 1.807) is 4.90 Å². The van der Waals surface area contributed by atoms with Crippen molar-refractivity contribution >= 4 is 17.8 Å². The first kappa shape index (κ1) is 18.0. The van der Waals surface area contributed by atoms with E-state index in [0.717, 1.165) is 19.3 Å². The van der Waals surface area contributed by atoms with Crippen molar-refractivity contribution in [3.05, 3.63) is 23.7 Å². The monoisotopic (exact) mass is 336 g/mol. The van der Waals surface area contributed by atoms with Crippen molar-refractivity contribution in [1.29, 1.82) is 0 Å². The van der Waals surface area contributed by atoms with Gasteiger partial charge in [-0.1, -0.05) is 19.3 Å². The quantitative estimate of drug-likeness (QED) is 0.830. The number of carbonyl (C=O) groups is 3. The number of hydrogen-bond donors (Lipinski definition) is 2. The zero-order valence-electron chi connectivity index (χ0n) is 14.1. The lowest BCUT2D eigenvalue weighted by atomic mass is 9.80. The molecule has 0 aromatic carbocycles. The van der Waals surface area contributed by atoms with Crippen molar-refractivity contribution in [2.45, 2.75) is 51.5 Å². The van der Waals surface area contributed by atoms with Gasteiger partial charge in [0.2, 0.25) is 11.7 Å². The summed E-state index contributed by atoms with van der Waals surface area (Å²) in [5.74, 6) is -2.26. The summed E-state index contributed by atoms with van der Waals surface area (Å²) in [6.45, 7) is 4.98. The Bertz CT molecular complexity index is 612. The number of nitrogens with one attached hydrogen (secondary N) is 1. The molecule has 0 bridgehead atoms. The second-order valence-corrected chi connectivity index (χ2v) is 6.04. The summed E-state index contributed by atoms with van der Waals surface area (Å²) >= 11 is 0. The SMILES string of the molecule is CCN(CC)C(=O)C1(NC(=O)c2ccc(C(=O)O)o2)CCCCC1. The molecule has 2 rings (SSSR count). The Morgan fingerprint density at radius 1 is 1.12 bits per heavy atom. The first-order chi connectivity index (χ1) is 11.4. The molecule has 2 amide bonds. The van der Waals surface area contributed by atoms with Crippen LogP contribution in [0.25, 0.3) is 0 Å². The second kappa shape index (κ2) is 7.51. The van der Waals surface area contributed by atoms with Crippen molar-refractivity contribution in [3.8, 4) is 0 Å². The molecule has 1 aromatic heterocycles. The van der Waals surface area contributed by atoms with E-state index < -0.39 is 17.4 Å². The zero-order chi connectivity index (χ0) is 17.7. The maximum atomic E-state index is 12.9. The minimum Gasteiger partial charge on any atom is -0.475 e. The number of hydrogen-bond acceptors (Lipinski definition) is 4. The highest BCUT2D eigenvalue weighted by Crippen LogP contribution is 2.30. The lowest BCUT2D eigenvalue weighted by Gasteiger charge is -2.39. The van der Waals surface area contributed by atoms with E-state index in [-0.39, 0.29) is 17.4 Å². The summed E-state index contributed by atoms with van der Waals surface area (Å²) in [6, 6.07) is 2.55. The van der Waals surface area contributed by atoms with Crippen LogP contribution in [0.5, 0.6) is 0 Å². The van der Waals surface area contributed by atoms with Gasteiger partial charge in [0.05, 0.1) is 0 Å². The van der Waals surface area contributed by atoms with Crippen LogP contribution in [-0.4, -0.2) is 46.4 Å². The lowest BCUT2D eigenvalue weighted by molar-refractivity contribution is -0.139. The van der Waals surface area contributed by atoms with Gasteiger partial charge in [-0.3, -0.25) is 9.59 Å². The van der Waals surface area contributed by atoms with Crippen molar-refractivity contribution in [2.24, 2.45) is 0 Å². The van der Waals surface area contributed by atoms with E-state index >= 15 is 0 Å². The molecular weight excluding hydrogens is 312 g/mol. The topological polar surface area (TPSA) is 99.9 Å². The third-order valence-electron chi connectivity index (χ3n) is 4.56. The second-order valence-electron chi connectivity index (χ2n) is 6.04. The third-order valence-corrected chi connectivity index (χ3v) is 4.56. The predicted octanol–water partition coefficient (Wildman–Crippen LogP) is 2.28. The Morgan fingerprint density at radius 3 is 2.21 bits per heavy atom. The van der Waals surface area contributed by atoms with Crippen molar-refractivity contribution in [3.63, 3.8) is 0 Å². The highest BCUT2D eigenvalue weighted by Gasteiger charge is 2.43. The number of likely N-dealkylation sites (N-methyl/N-ethyl adjacent to an activating group) is 1. The summed E-state index contributed by atoms with van der Waals surface area (Å²) in [7, 11) is 0. The largest absolute Gasteiger partial charge is 0.475 e. The fraction of sp³-hybridized carbons (Fsp3) is 0.588. The minimum absolute atomic E-state index is 0.0782. The molecule has 7 heteroatoms. The lowest BCUT2D eigenvalue weighted by Crippen LogP contribution is -2.60. The van der Waals surface area contributed by atoms with Crippen molar-refractivity contribution < 1.29 is 23.9 Å². The Labute approximate surface area is 141 Å². The van der Waals surface area contributed by atoms with Gasteiger partial charge in [0.1, 0.15) is 5.54 Å². The van der Waals surface area contributed by atoms with Crippen LogP contribution < -0.4 is 5.32 Å². The molecule has 0 saturated heterocycles. The Kier molecular flexibility index (Phi) is 5.64. The highest BCUT2D eigenvalue weighted by molar-refractivity contribution is 5.98. The first-order valence-electron chi connectivity index (χ1n) is 8.38. The van der Waals surface area contributed by atoms with Gasteiger partial charge in [0, 0.05) is 13.1 Å². The van der Waals surface area contributed by atoms with Gasteiger partial charge in [0.25, 0.3) is 5.91 Å². The summed E-state index contributed by atoms with van der Waals surface area (Å²) in [5.41, 5.74) is -0.933. The van der Waals surface area contributed by atoms with Crippen LogP contribution >= 0.6 is 0 Å². The number of carboxylic acids is 1. The Balaban J connectivity index is 2.23. The summed E-state index contributed by atoms with van der Waals surface area (Å²) in [6.07, 6.45) is 3.94. The molecule has 24 heavy (non-hydrogen) atoms. The van der Waals surface area contributed by atoms with Crippen molar-refractivity contribution in [2.75, 3.05) is 13.1 Å². The smallest absolute Gasteiger partial charge is 0.371 e. The molecule has 2 N–H and O–H groups in total. The zero-order valence-corrected chi connectivity index (χ0v) is 14.1. The summed E-state index contributed by atoms with van der Waals surface area (Å²) in [4.78, 5) is 38.0. The fourth-order valence-electron chi connectivity index (χ4n) is 3.21. The fourth-order valence-corrected chi connectivity index (χ4v) is 3.21. The number of amides is 2. The van der Waals surface area contributed by atoms with Gasteiger partial charge in [-0.2, -0.15) is 0 Å². The van der Waals surface area contributed by atoms with Crippen LogP contribution in [0, 0.1) is 0 Å². The summed E-state index contributed by atoms with van der Waals surface area (Å²) < 4.78 is 5.05. The molecule has 1 aliphatic rings. The van der Waals surface area contributed by atoms with E-state index in [9.17, 15) is 14.4 Å². The van der Waals surface area contributed by atoms with Gasteiger partial charge in [-0.15, -0.1) is 0 Å². The Morgan fingerprint density at radius 2 is 1.71 bits per heavy atom. The number of aromatic carboxylic acids is 1. The van der Waals surface area contributed by atoms with Crippen LogP contribution in [-0.2, 0) is 4.79 Å². The normalized spacial score (nSPS) is 16.4. The van der Waals surface area contributed by atoms with Gasteiger partial charge in [0.15, 0.2) is 5.76 Å². The van der Waals surface area contributed by atoms with Crippen LogP contribution in [0.4, 0.5) is 0 Å². The molecule has 0 aliphatic heterocycles. The molecule has 0 spiro atoms. The summed E-state index contributed by atoms with van der Waals surface area (Å²) in [5, 5.41) is 11.7. The molecule has 0 radical (unpaired) electrons. The molecule has 1 fully saturated rings. The standard InChI is InChI=1S/C17H24N2O5/c1-3-19(4-2)16(23)17(10-6-5-7-11-17)18-14(20)12-8-9-13(24-12)15(21)22/h8-9H,3-7,10-11H2,1-2H3,(H,18,20)(H,21,22). The third kappa shape index (κ3) is 3.60. The molecule has 0 atom stereocenters. The molecule has 132 valence electrons. The van der Waals surface area contributed by atoms with E-state index in [0.29, 0.717) is 25.9 Å². The average molecular weight is 336 g/mol. The molecule has 1 aromatic rings. The van der Waals surface area contributed by atoms with Gasteiger partial charge in [-0.05, 0) is 38.8 Å². The number of carboxylic acid groups (broad SMARTS) is 1. The molecule has 1 aliphatic carbocycles. The van der Waals surface area contributed by atoms with E-state index in [4.69, 9.17) is 9.52 Å². The van der Waals surface area contributed by atoms with Crippen LogP contribution in [0.1, 0.15) is 67.1 Å². The Hall–Kier alpha value is -2.31. The molecular formula is C17H24N2O5. The predicted molar refractivity (Wildman–Crippen MR) is 86.9 cm³/mol. The minimum atomic E-state index is -1.24. The van der Waals surface area contributed by atoms with Gasteiger partial charge in [-0.25, -0.2) is 4.79 Å². The number of nitrogens with zero attached hydrogens (tertiary/aromatic N) is 1. The maximum absolute atomic E-state index is 12.9. The van der Waals surface area contributed by atoms with Crippen LogP contribution in [0.15, 0.2) is 16.5 Å². The van der Waals surface area contributed by atoms with Crippen LogP contribution in [0.2, 0.25) is 0 Å². The highest BCUT2D eigenvalue weighted by atomic mass is 16.4. The first-order valence-corrected chi connectivity index (χ1v) is 8.38. The number of carbonyl (C=O) groups excluding carboxylic acids is 2. The number of rotatable bonds is 6. The van der Waals surface area contributed by atoms with Gasteiger partial charge < -0.3 is 19.7 Å². The molecule has 0 unspecified atom stereocenters. The van der Waals surface area contributed by atoms with Gasteiger partial charge >= 0.3 is 5.97 Å². The van der Waals surface area contributed by atoms with E-state index in [2.05, 4.69) is 5.32 Å². The average Bonchev–Trinajstić information content (AvgIpc) is 3.07.